The molecule has 2 nitrogen and oxygen atoms in total. The monoisotopic (exact) mass is 172 g/mol. The number of hydrogen-bond donors (Lipinski definition) is 1. The Kier molecular flexibility index (Phi) is 5.91. The van der Waals surface area contributed by atoms with E-state index in [-0.39, 0.29) is 12.4 Å². The van der Waals surface area contributed by atoms with Gasteiger partial charge >= 0.3 is 0 Å². The molecule has 0 bridgehead atoms. The number of allylic oxidation sites excluding steroid dienone is 1. The van der Waals surface area contributed by atoms with Crippen LogP contribution in [0.4, 0.5) is 0 Å². The number of nitriles is 1. The van der Waals surface area contributed by atoms with Crippen molar-refractivity contribution in [1.82, 2.24) is 5.32 Å². The maximum atomic E-state index is 8.28. The highest BCUT2D eigenvalue weighted by molar-refractivity contribution is 5.85. The van der Waals surface area contributed by atoms with Crippen LogP contribution in [0.3, 0.4) is 0 Å². The van der Waals surface area contributed by atoms with E-state index in [4.69, 9.17) is 5.26 Å². The van der Waals surface area contributed by atoms with Gasteiger partial charge < -0.3 is 5.32 Å². The Labute approximate surface area is 73.7 Å². The molecule has 1 heterocycles. The lowest BCUT2D eigenvalue weighted by molar-refractivity contribution is 0.608. The Bertz CT molecular complexity index is 161. The van der Waals surface area contributed by atoms with Crippen LogP contribution in [-0.4, -0.2) is 13.1 Å². The molecule has 0 spiro atoms. The molecule has 0 amide bonds. The Morgan fingerprint density at radius 3 is 3.00 bits per heavy atom. The third-order valence-electron chi connectivity index (χ3n) is 1.69. The van der Waals surface area contributed by atoms with E-state index < -0.39 is 0 Å². The van der Waals surface area contributed by atoms with E-state index >= 15 is 0 Å². The third kappa shape index (κ3) is 4.02. The second kappa shape index (κ2) is 6.21. The van der Waals surface area contributed by atoms with Crippen molar-refractivity contribution in [3.63, 3.8) is 0 Å². The lowest BCUT2D eigenvalue weighted by atomic mass is 10.1. The van der Waals surface area contributed by atoms with Gasteiger partial charge in [-0.3, -0.25) is 0 Å². The van der Waals surface area contributed by atoms with E-state index in [0.29, 0.717) is 6.42 Å². The number of piperidine rings is 1. The van der Waals surface area contributed by atoms with Gasteiger partial charge in [0.25, 0.3) is 0 Å². The lowest BCUT2D eigenvalue weighted by Crippen LogP contribution is -2.23. The van der Waals surface area contributed by atoms with Crippen molar-refractivity contribution in [3.8, 4) is 6.07 Å². The van der Waals surface area contributed by atoms with Crippen molar-refractivity contribution in [2.75, 3.05) is 13.1 Å². The first-order valence-corrected chi connectivity index (χ1v) is 3.69. The molecular weight excluding hydrogens is 160 g/mol. The predicted molar refractivity (Wildman–Crippen MR) is 47.7 cm³/mol. The molecule has 1 fully saturated rings. The van der Waals surface area contributed by atoms with Gasteiger partial charge in [0.2, 0.25) is 0 Å². The van der Waals surface area contributed by atoms with Gasteiger partial charge in [-0.15, -0.1) is 12.4 Å². The molecule has 1 rings (SSSR count). The molecule has 0 saturated carbocycles. The van der Waals surface area contributed by atoms with Gasteiger partial charge in [-0.1, -0.05) is 11.6 Å². The zero-order valence-electron chi connectivity index (χ0n) is 6.47. The van der Waals surface area contributed by atoms with E-state index in [1.54, 1.807) is 0 Å². The molecule has 62 valence electrons. The number of hydrogen-bond acceptors (Lipinski definition) is 2. The molecule has 0 unspecified atom stereocenters. The van der Waals surface area contributed by atoms with Gasteiger partial charge in [-0.05, 0) is 19.4 Å². The van der Waals surface area contributed by atoms with Gasteiger partial charge in [0.1, 0.15) is 0 Å². The summed E-state index contributed by atoms with van der Waals surface area (Å²) in [5.41, 5.74) is 1.40. The van der Waals surface area contributed by atoms with Crippen molar-refractivity contribution < 1.29 is 0 Å². The normalized spacial score (nSPS) is 20.5. The lowest BCUT2D eigenvalue weighted by Gasteiger charge is -2.14. The molecule has 3 heteroatoms. The van der Waals surface area contributed by atoms with Crippen molar-refractivity contribution in [2.24, 2.45) is 0 Å². The quantitative estimate of drug-likeness (QED) is 0.611. The highest BCUT2D eigenvalue weighted by Crippen LogP contribution is 2.08. The summed E-state index contributed by atoms with van der Waals surface area (Å²) in [6.45, 7) is 2.12. The molecule has 0 aliphatic carbocycles. The second-order valence-electron chi connectivity index (χ2n) is 2.50. The smallest absolute Gasteiger partial charge is 0.0663 e. The molecule has 1 saturated heterocycles. The first kappa shape index (κ1) is 10.5. The minimum atomic E-state index is 0. The summed E-state index contributed by atoms with van der Waals surface area (Å²) in [7, 11) is 0. The largest absolute Gasteiger partial charge is 0.313 e. The van der Waals surface area contributed by atoms with E-state index in [1.165, 1.54) is 18.4 Å². The summed E-state index contributed by atoms with van der Waals surface area (Å²) in [6.07, 6.45) is 5.00. The standard InChI is InChI=1S/C8H12N2.ClH/c9-5-1-3-8-4-2-6-10-7-8;/h3,10H,1-2,4,6-7H2;1H/b8-3-;. The van der Waals surface area contributed by atoms with Crippen LogP contribution in [0, 0.1) is 11.3 Å². The van der Waals surface area contributed by atoms with Crippen molar-refractivity contribution in [3.05, 3.63) is 11.6 Å². The van der Waals surface area contributed by atoms with Gasteiger partial charge in [-0.2, -0.15) is 5.26 Å². The fourth-order valence-corrected chi connectivity index (χ4v) is 1.14. The summed E-state index contributed by atoms with van der Waals surface area (Å²) in [5.74, 6) is 0. The first-order chi connectivity index (χ1) is 4.93. The Morgan fingerprint density at radius 1 is 1.64 bits per heavy atom. The summed E-state index contributed by atoms with van der Waals surface area (Å²) in [6, 6.07) is 2.11. The highest BCUT2D eigenvalue weighted by Gasteiger charge is 2.02. The average molecular weight is 173 g/mol. The van der Waals surface area contributed by atoms with Gasteiger partial charge in [0.15, 0.2) is 0 Å². The van der Waals surface area contributed by atoms with E-state index in [2.05, 4.69) is 11.4 Å². The van der Waals surface area contributed by atoms with Crippen LogP contribution in [0.15, 0.2) is 11.6 Å². The number of nitrogens with zero attached hydrogens (tertiary/aromatic N) is 1. The second-order valence-corrected chi connectivity index (χ2v) is 2.50. The zero-order chi connectivity index (χ0) is 7.23. The Hall–Kier alpha value is -0.520. The molecule has 0 aromatic carbocycles. The summed E-state index contributed by atoms with van der Waals surface area (Å²) in [5, 5.41) is 11.5. The van der Waals surface area contributed by atoms with E-state index in [0.717, 1.165) is 13.1 Å². The number of rotatable bonds is 1. The van der Waals surface area contributed by atoms with Crippen LogP contribution >= 0.6 is 12.4 Å². The SMILES string of the molecule is Cl.N#CC/C=C1/CCCNC1. The molecule has 1 aliphatic heterocycles. The summed E-state index contributed by atoms with van der Waals surface area (Å²) in [4.78, 5) is 0. The van der Waals surface area contributed by atoms with Gasteiger partial charge in [-0.25, -0.2) is 0 Å². The minimum absolute atomic E-state index is 0. The molecule has 11 heavy (non-hydrogen) atoms. The first-order valence-electron chi connectivity index (χ1n) is 3.69. The molecule has 0 radical (unpaired) electrons. The van der Waals surface area contributed by atoms with Crippen LogP contribution in [-0.2, 0) is 0 Å². The molecule has 0 aromatic rings. The molecular formula is C8H13ClN2. The summed E-state index contributed by atoms with van der Waals surface area (Å²) < 4.78 is 0. The van der Waals surface area contributed by atoms with Crippen molar-refractivity contribution >= 4 is 12.4 Å². The maximum absolute atomic E-state index is 8.28. The van der Waals surface area contributed by atoms with Crippen LogP contribution in [0.1, 0.15) is 19.3 Å². The fourth-order valence-electron chi connectivity index (χ4n) is 1.14. The highest BCUT2D eigenvalue weighted by atomic mass is 35.5. The topological polar surface area (TPSA) is 35.8 Å². The van der Waals surface area contributed by atoms with Crippen LogP contribution < -0.4 is 5.32 Å². The fraction of sp³-hybridized carbons (Fsp3) is 0.625. The van der Waals surface area contributed by atoms with Crippen LogP contribution in [0.2, 0.25) is 0 Å². The molecule has 0 aromatic heterocycles. The Morgan fingerprint density at radius 2 is 2.45 bits per heavy atom. The third-order valence-corrected chi connectivity index (χ3v) is 1.69. The zero-order valence-corrected chi connectivity index (χ0v) is 7.28. The van der Waals surface area contributed by atoms with E-state index in [1.807, 2.05) is 6.08 Å². The Balaban J connectivity index is 0.000001000. The summed E-state index contributed by atoms with van der Waals surface area (Å²) >= 11 is 0. The molecule has 1 N–H and O–H groups in total. The number of nitrogens with one attached hydrogen (secondary N) is 1. The van der Waals surface area contributed by atoms with Crippen molar-refractivity contribution in [1.29, 1.82) is 5.26 Å². The average Bonchev–Trinajstić information content (AvgIpc) is 2.03. The minimum Gasteiger partial charge on any atom is -0.313 e. The molecule has 1 aliphatic rings. The number of halogens is 1. The molecule has 0 atom stereocenters. The predicted octanol–water partition coefficient (Wildman–Crippen LogP) is 1.63. The van der Waals surface area contributed by atoms with Crippen molar-refractivity contribution in [2.45, 2.75) is 19.3 Å². The van der Waals surface area contributed by atoms with Gasteiger partial charge in [0, 0.05) is 6.54 Å². The van der Waals surface area contributed by atoms with Gasteiger partial charge in [0.05, 0.1) is 12.5 Å². The maximum Gasteiger partial charge on any atom is 0.0663 e. The van der Waals surface area contributed by atoms with E-state index in [9.17, 15) is 0 Å². The van der Waals surface area contributed by atoms with Crippen LogP contribution in [0.25, 0.3) is 0 Å². The van der Waals surface area contributed by atoms with Crippen LogP contribution in [0.5, 0.6) is 0 Å².